The molecule has 0 rings (SSSR count). The van der Waals surface area contributed by atoms with Crippen molar-refractivity contribution < 1.29 is 19.1 Å². The molecule has 6 heteroatoms. The predicted octanol–water partition coefficient (Wildman–Crippen LogP) is 0.176. The van der Waals surface area contributed by atoms with Gasteiger partial charge in [0.15, 0.2) is 13.2 Å². The van der Waals surface area contributed by atoms with Crippen molar-refractivity contribution in [2.24, 2.45) is 0 Å². The van der Waals surface area contributed by atoms with Crippen molar-refractivity contribution in [3.05, 3.63) is 12.4 Å². The maximum atomic E-state index is 10.8. The molecule has 0 fully saturated rings. The maximum absolute atomic E-state index is 10.8. The van der Waals surface area contributed by atoms with Crippen molar-refractivity contribution in [3.8, 4) is 24.7 Å². The fraction of sp³-hybridized carbons (Fsp3) is 0.200. The molecule has 6 nitrogen and oxygen atoms in total. The fourth-order valence-electron chi connectivity index (χ4n) is 0.517. The molecular formula is C10H10N2O4. The third-order valence-electron chi connectivity index (χ3n) is 1.06. The number of hydrogen-bond donors (Lipinski definition) is 2. The molecule has 84 valence electrons. The molecule has 0 aliphatic heterocycles. The van der Waals surface area contributed by atoms with Crippen LogP contribution in [-0.2, 0) is 9.47 Å². The molecule has 2 N–H and O–H groups in total. The number of carbonyl (C=O) groups is 2. The molecule has 0 aromatic carbocycles. The molecule has 0 aromatic rings. The summed E-state index contributed by atoms with van der Waals surface area (Å²) >= 11 is 0. The second-order valence-corrected chi connectivity index (χ2v) is 2.18. The number of amides is 2. The average Bonchev–Trinajstić information content (AvgIpc) is 2.29. The molecule has 0 atom stereocenters. The molecular weight excluding hydrogens is 212 g/mol. The summed E-state index contributed by atoms with van der Waals surface area (Å²) in [4.78, 5) is 21.5. The summed E-state index contributed by atoms with van der Waals surface area (Å²) in [5, 5.41) is 4.36. The molecule has 16 heavy (non-hydrogen) atoms. The maximum Gasteiger partial charge on any atom is 0.412 e. The molecule has 0 heterocycles. The van der Waals surface area contributed by atoms with Gasteiger partial charge in [-0.15, -0.1) is 12.8 Å². The molecule has 0 unspecified atom stereocenters. The van der Waals surface area contributed by atoms with E-state index >= 15 is 0 Å². The van der Waals surface area contributed by atoms with Gasteiger partial charge in [0, 0.05) is 12.4 Å². The molecule has 0 aliphatic carbocycles. The van der Waals surface area contributed by atoms with E-state index in [-0.39, 0.29) is 13.2 Å². The zero-order chi connectivity index (χ0) is 12.2. The largest absolute Gasteiger partial charge is 0.436 e. The Morgan fingerprint density at radius 2 is 1.38 bits per heavy atom. The number of terminal acetylenes is 2. The van der Waals surface area contributed by atoms with Gasteiger partial charge >= 0.3 is 12.2 Å². The number of hydrogen-bond acceptors (Lipinski definition) is 4. The molecule has 0 spiro atoms. The van der Waals surface area contributed by atoms with E-state index in [1.807, 2.05) is 0 Å². The van der Waals surface area contributed by atoms with Crippen molar-refractivity contribution in [1.29, 1.82) is 0 Å². The smallest absolute Gasteiger partial charge is 0.412 e. The minimum atomic E-state index is -0.729. The summed E-state index contributed by atoms with van der Waals surface area (Å²) in [5.41, 5.74) is 0. The molecule has 2 amide bonds. The number of carbonyl (C=O) groups excluding carboxylic acids is 2. The second kappa shape index (κ2) is 8.97. The Bertz CT molecular complexity index is 315. The van der Waals surface area contributed by atoms with E-state index in [1.54, 1.807) is 0 Å². The number of ether oxygens (including phenoxy) is 2. The Balaban J connectivity index is 3.62. The van der Waals surface area contributed by atoms with Crippen LogP contribution in [0, 0.1) is 24.7 Å². The first-order valence-electron chi connectivity index (χ1n) is 4.09. The Kier molecular flexibility index (Phi) is 7.52. The highest BCUT2D eigenvalue weighted by atomic mass is 16.6. The molecule has 0 saturated carbocycles. The lowest BCUT2D eigenvalue weighted by atomic mass is 10.7. The summed E-state index contributed by atoms with van der Waals surface area (Å²) in [6, 6.07) is 0. The average molecular weight is 222 g/mol. The Hall–Kier alpha value is -2.60. The van der Waals surface area contributed by atoms with Crippen molar-refractivity contribution in [2.75, 3.05) is 13.2 Å². The van der Waals surface area contributed by atoms with Crippen LogP contribution in [0.2, 0.25) is 0 Å². The van der Waals surface area contributed by atoms with Gasteiger partial charge in [0.05, 0.1) is 0 Å². The summed E-state index contributed by atoms with van der Waals surface area (Å²) in [6.07, 6.45) is 10.6. The summed E-state index contributed by atoms with van der Waals surface area (Å²) in [5.74, 6) is 4.23. The van der Waals surface area contributed by atoms with Gasteiger partial charge in [0.2, 0.25) is 0 Å². The van der Waals surface area contributed by atoms with Gasteiger partial charge in [-0.1, -0.05) is 11.8 Å². The van der Waals surface area contributed by atoms with Gasteiger partial charge in [0.25, 0.3) is 0 Å². The van der Waals surface area contributed by atoms with Crippen LogP contribution in [0.25, 0.3) is 0 Å². The van der Waals surface area contributed by atoms with E-state index in [1.165, 1.54) is 0 Å². The number of rotatable bonds is 4. The normalized spacial score (nSPS) is 8.62. The molecule has 0 bridgehead atoms. The third-order valence-corrected chi connectivity index (χ3v) is 1.06. The summed E-state index contributed by atoms with van der Waals surface area (Å²) in [6.45, 7) is -0.255. The highest BCUT2D eigenvalue weighted by molar-refractivity contribution is 5.70. The van der Waals surface area contributed by atoms with Crippen molar-refractivity contribution >= 4 is 12.2 Å². The van der Waals surface area contributed by atoms with Crippen LogP contribution >= 0.6 is 0 Å². The van der Waals surface area contributed by atoms with Gasteiger partial charge in [-0.25, -0.2) is 9.59 Å². The topological polar surface area (TPSA) is 76.7 Å². The highest BCUT2D eigenvalue weighted by Crippen LogP contribution is 1.78. The lowest BCUT2D eigenvalue weighted by molar-refractivity contribution is 0.162. The highest BCUT2D eigenvalue weighted by Gasteiger charge is 1.97. The lowest BCUT2D eigenvalue weighted by Gasteiger charge is -2.00. The van der Waals surface area contributed by atoms with E-state index in [9.17, 15) is 9.59 Å². The van der Waals surface area contributed by atoms with Crippen molar-refractivity contribution in [3.63, 3.8) is 0 Å². The fourth-order valence-corrected chi connectivity index (χ4v) is 0.517. The lowest BCUT2D eigenvalue weighted by Crippen LogP contribution is -2.22. The van der Waals surface area contributed by atoms with Crippen LogP contribution in [0.4, 0.5) is 9.59 Å². The van der Waals surface area contributed by atoms with Crippen LogP contribution < -0.4 is 10.6 Å². The van der Waals surface area contributed by atoms with Crippen LogP contribution in [0.3, 0.4) is 0 Å². The van der Waals surface area contributed by atoms with E-state index < -0.39 is 12.2 Å². The minimum absolute atomic E-state index is 0.128. The zero-order valence-electron chi connectivity index (χ0n) is 8.36. The quantitative estimate of drug-likeness (QED) is 0.665. The van der Waals surface area contributed by atoms with Crippen LogP contribution in [0.15, 0.2) is 12.4 Å². The number of nitrogens with one attached hydrogen (secondary N) is 2. The SMILES string of the molecule is C#CCOC(=O)N/C=C/NC(=O)OCC#C. The first kappa shape index (κ1) is 13.4. The molecule has 0 aliphatic rings. The van der Waals surface area contributed by atoms with Crippen molar-refractivity contribution in [1.82, 2.24) is 10.6 Å². The van der Waals surface area contributed by atoms with Gasteiger partial charge in [-0.05, 0) is 0 Å². The molecule has 0 radical (unpaired) electrons. The van der Waals surface area contributed by atoms with Crippen LogP contribution in [0.5, 0.6) is 0 Å². The first-order chi connectivity index (χ1) is 7.70. The first-order valence-corrected chi connectivity index (χ1v) is 4.09. The standard InChI is InChI=1S/C10H10N2O4/c1-3-7-15-9(13)11-5-6-12-10(14)16-8-4-2/h1-2,5-6H,7-8H2,(H,11,13)(H,12,14)/b6-5+. The summed E-state index contributed by atoms with van der Waals surface area (Å²) in [7, 11) is 0. The third kappa shape index (κ3) is 8.02. The van der Waals surface area contributed by atoms with E-state index in [0.717, 1.165) is 12.4 Å². The van der Waals surface area contributed by atoms with Gasteiger partial charge in [-0.2, -0.15) is 0 Å². The zero-order valence-corrected chi connectivity index (χ0v) is 8.36. The van der Waals surface area contributed by atoms with Crippen LogP contribution in [0.1, 0.15) is 0 Å². The Morgan fingerprint density at radius 3 is 1.69 bits per heavy atom. The second-order valence-electron chi connectivity index (χ2n) is 2.18. The number of alkyl carbamates (subject to hydrolysis) is 2. The van der Waals surface area contributed by atoms with E-state index in [4.69, 9.17) is 12.8 Å². The van der Waals surface area contributed by atoms with Gasteiger partial charge in [-0.3, -0.25) is 10.6 Å². The van der Waals surface area contributed by atoms with Gasteiger partial charge < -0.3 is 9.47 Å². The van der Waals surface area contributed by atoms with E-state index in [0.29, 0.717) is 0 Å². The van der Waals surface area contributed by atoms with Crippen LogP contribution in [-0.4, -0.2) is 25.4 Å². The van der Waals surface area contributed by atoms with Gasteiger partial charge in [0.1, 0.15) is 0 Å². The predicted molar refractivity (Wildman–Crippen MR) is 55.8 cm³/mol. The summed E-state index contributed by atoms with van der Waals surface area (Å²) < 4.78 is 8.91. The van der Waals surface area contributed by atoms with Crippen molar-refractivity contribution in [2.45, 2.75) is 0 Å². The molecule has 0 saturated heterocycles. The Labute approximate surface area is 93.0 Å². The molecule has 0 aromatic heterocycles. The monoisotopic (exact) mass is 222 g/mol. The minimum Gasteiger partial charge on any atom is -0.436 e. The van der Waals surface area contributed by atoms with E-state index in [2.05, 4.69) is 31.9 Å². The Morgan fingerprint density at radius 1 is 1.00 bits per heavy atom.